The smallest absolute Gasteiger partial charge is 0.410 e. The first-order chi connectivity index (χ1) is 14.4. The lowest BCUT2D eigenvalue weighted by Crippen LogP contribution is -2.53. The summed E-state index contributed by atoms with van der Waals surface area (Å²) in [6.45, 7) is 20.3. The monoisotopic (exact) mass is 453 g/mol. The molecule has 1 fully saturated rings. The Bertz CT molecular complexity index is 680. The Balaban J connectivity index is 2.55. The average molecular weight is 454 g/mol. The summed E-state index contributed by atoms with van der Waals surface area (Å²) in [5, 5.41) is 17.0. The van der Waals surface area contributed by atoms with E-state index < -0.39 is 5.60 Å². The van der Waals surface area contributed by atoms with Gasteiger partial charge in [0.25, 0.3) is 0 Å². The largest absolute Gasteiger partial charge is 0.444 e. The molecule has 2 atom stereocenters. The van der Waals surface area contributed by atoms with Gasteiger partial charge in [-0.1, -0.05) is 31.7 Å². The van der Waals surface area contributed by atoms with Crippen LogP contribution in [0.4, 0.5) is 4.79 Å². The Labute approximate surface area is 192 Å². The maximum absolute atomic E-state index is 12.7. The van der Waals surface area contributed by atoms with Crippen molar-refractivity contribution < 1.29 is 9.53 Å². The van der Waals surface area contributed by atoms with Crippen LogP contribution < -0.4 is 16.0 Å². The standard InChI is InChI=1S/C23H40ClN5O2/c1-9-15(3)29(22(30)31-23(6,7)8)16(4)14-27-19-11-18(12-19)17(5)28-21(26-10-2)13-20(24)25/h10,13,15-16,18-19,25-28H,2,5,9,11-12,14H2,1,3-4,6-8H3. The lowest BCUT2D eigenvalue weighted by Gasteiger charge is -2.40. The third-order valence-electron chi connectivity index (χ3n) is 5.30. The molecule has 1 amide bonds. The van der Waals surface area contributed by atoms with E-state index in [4.69, 9.17) is 21.7 Å². The number of halogens is 1. The normalized spacial score (nSPS) is 20.7. The van der Waals surface area contributed by atoms with Gasteiger partial charge in [0.15, 0.2) is 0 Å². The van der Waals surface area contributed by atoms with Gasteiger partial charge in [-0.3, -0.25) is 5.41 Å². The van der Waals surface area contributed by atoms with Crippen molar-refractivity contribution in [2.75, 3.05) is 6.54 Å². The van der Waals surface area contributed by atoms with Crippen molar-refractivity contribution in [3.63, 3.8) is 0 Å². The van der Waals surface area contributed by atoms with Crippen LogP contribution in [0.5, 0.6) is 0 Å². The molecule has 8 heteroatoms. The molecule has 0 radical (unpaired) electrons. The molecule has 0 bridgehead atoms. The molecular weight excluding hydrogens is 414 g/mol. The number of hydrogen-bond acceptors (Lipinski definition) is 6. The van der Waals surface area contributed by atoms with E-state index in [-0.39, 0.29) is 23.3 Å². The lowest BCUT2D eigenvalue weighted by atomic mass is 9.78. The first-order valence-electron chi connectivity index (χ1n) is 10.9. The Morgan fingerprint density at radius 3 is 2.42 bits per heavy atom. The fourth-order valence-corrected chi connectivity index (χ4v) is 3.54. The molecule has 31 heavy (non-hydrogen) atoms. The fourth-order valence-electron chi connectivity index (χ4n) is 3.44. The summed E-state index contributed by atoms with van der Waals surface area (Å²) in [4.78, 5) is 14.6. The van der Waals surface area contributed by atoms with Crippen LogP contribution in [0.3, 0.4) is 0 Å². The van der Waals surface area contributed by atoms with Gasteiger partial charge in [0.2, 0.25) is 0 Å². The molecule has 176 valence electrons. The number of nitrogens with one attached hydrogen (secondary N) is 4. The number of nitrogens with zero attached hydrogens (tertiary/aromatic N) is 1. The van der Waals surface area contributed by atoms with E-state index in [1.165, 1.54) is 12.3 Å². The minimum atomic E-state index is -0.514. The van der Waals surface area contributed by atoms with E-state index in [2.05, 4.69) is 49.9 Å². The zero-order chi connectivity index (χ0) is 23.8. The maximum atomic E-state index is 12.7. The molecule has 0 spiro atoms. The predicted molar refractivity (Wildman–Crippen MR) is 129 cm³/mol. The van der Waals surface area contributed by atoms with Crippen LogP contribution in [0, 0.1) is 11.3 Å². The molecule has 0 heterocycles. The molecule has 1 rings (SSSR count). The molecule has 1 saturated carbocycles. The van der Waals surface area contributed by atoms with Crippen molar-refractivity contribution >= 4 is 22.9 Å². The number of amides is 1. The van der Waals surface area contributed by atoms with Gasteiger partial charge in [0, 0.05) is 42.4 Å². The SMILES string of the molecule is C=CNC(=CC(=N)Cl)NC(=C)C1CC(NCC(C)N(C(=O)OC(C)(C)C)C(C)CC)C1. The number of carbonyl (C=O) groups is 1. The number of ether oxygens (including phenoxy) is 1. The summed E-state index contributed by atoms with van der Waals surface area (Å²) in [5.74, 6) is 0.899. The summed E-state index contributed by atoms with van der Waals surface area (Å²) in [6.07, 6.45) is 5.51. The first kappa shape index (κ1) is 27.0. The van der Waals surface area contributed by atoms with Crippen LogP contribution in [-0.4, -0.2) is 46.4 Å². The van der Waals surface area contributed by atoms with E-state index in [0.717, 1.165) is 25.0 Å². The Morgan fingerprint density at radius 1 is 1.32 bits per heavy atom. The number of hydrogen-bond donors (Lipinski definition) is 4. The third kappa shape index (κ3) is 9.35. The highest BCUT2D eigenvalue weighted by Gasteiger charge is 2.33. The van der Waals surface area contributed by atoms with E-state index in [1.54, 1.807) is 0 Å². The molecule has 1 aliphatic carbocycles. The van der Waals surface area contributed by atoms with E-state index in [1.807, 2.05) is 25.7 Å². The maximum Gasteiger partial charge on any atom is 0.410 e. The molecule has 0 aromatic rings. The molecule has 0 aromatic heterocycles. The average Bonchev–Trinajstić information content (AvgIpc) is 2.58. The fraction of sp³-hybridized carbons (Fsp3) is 0.652. The second-order valence-electron chi connectivity index (χ2n) is 9.17. The highest BCUT2D eigenvalue weighted by atomic mass is 35.5. The molecule has 0 saturated heterocycles. The Hall–Kier alpha value is -1.99. The third-order valence-corrected chi connectivity index (χ3v) is 5.41. The van der Waals surface area contributed by atoms with E-state index in [0.29, 0.717) is 24.3 Å². The van der Waals surface area contributed by atoms with E-state index in [9.17, 15) is 4.79 Å². The zero-order valence-corrected chi connectivity index (χ0v) is 20.6. The molecular formula is C23H40ClN5O2. The van der Waals surface area contributed by atoms with E-state index >= 15 is 0 Å². The van der Waals surface area contributed by atoms with Crippen molar-refractivity contribution in [1.29, 1.82) is 5.41 Å². The summed E-state index contributed by atoms with van der Waals surface area (Å²) in [7, 11) is 0. The van der Waals surface area contributed by atoms with Crippen molar-refractivity contribution in [2.24, 2.45) is 5.92 Å². The van der Waals surface area contributed by atoms with Crippen molar-refractivity contribution in [2.45, 2.75) is 84.5 Å². The highest BCUT2D eigenvalue weighted by molar-refractivity contribution is 6.67. The molecule has 2 unspecified atom stereocenters. The van der Waals surface area contributed by atoms with Gasteiger partial charge in [-0.2, -0.15) is 0 Å². The molecule has 0 aliphatic heterocycles. The van der Waals surface area contributed by atoms with Crippen LogP contribution in [0.2, 0.25) is 0 Å². The quantitative estimate of drug-likeness (QED) is 0.322. The molecule has 7 nitrogen and oxygen atoms in total. The Kier molecular flexibility index (Phi) is 10.6. The summed E-state index contributed by atoms with van der Waals surface area (Å²) < 4.78 is 5.62. The zero-order valence-electron chi connectivity index (χ0n) is 19.8. The molecule has 4 N–H and O–H groups in total. The number of carbonyl (C=O) groups excluding carboxylic acids is 1. The van der Waals surface area contributed by atoms with Gasteiger partial charge < -0.3 is 25.6 Å². The lowest BCUT2D eigenvalue weighted by molar-refractivity contribution is 0.00749. The van der Waals surface area contributed by atoms with Gasteiger partial charge in [-0.15, -0.1) is 0 Å². The van der Waals surface area contributed by atoms with Crippen LogP contribution in [0.25, 0.3) is 0 Å². The van der Waals surface area contributed by atoms with Crippen molar-refractivity contribution in [3.8, 4) is 0 Å². The van der Waals surface area contributed by atoms with Crippen LogP contribution in [-0.2, 0) is 4.74 Å². The van der Waals surface area contributed by atoms with Crippen molar-refractivity contribution in [1.82, 2.24) is 20.9 Å². The minimum absolute atomic E-state index is 0.0197. The number of allylic oxidation sites excluding steroid dienone is 2. The Morgan fingerprint density at radius 2 is 1.94 bits per heavy atom. The van der Waals surface area contributed by atoms with Gasteiger partial charge in [0.05, 0.1) is 0 Å². The summed E-state index contributed by atoms with van der Waals surface area (Å²) >= 11 is 5.64. The van der Waals surface area contributed by atoms with Crippen LogP contribution in [0.1, 0.15) is 60.8 Å². The molecule has 1 aliphatic rings. The van der Waals surface area contributed by atoms with Gasteiger partial charge >= 0.3 is 6.09 Å². The van der Waals surface area contributed by atoms with Crippen LogP contribution in [0.15, 0.2) is 37.0 Å². The topological polar surface area (TPSA) is 89.5 Å². The summed E-state index contributed by atoms with van der Waals surface area (Å²) in [6, 6.07) is 0.494. The number of rotatable bonds is 12. The minimum Gasteiger partial charge on any atom is -0.444 e. The highest BCUT2D eigenvalue weighted by Crippen LogP contribution is 2.32. The summed E-state index contributed by atoms with van der Waals surface area (Å²) in [5.41, 5.74) is 0.361. The van der Waals surface area contributed by atoms with Gasteiger partial charge in [-0.05, 0) is 60.1 Å². The molecule has 0 aromatic carbocycles. The second-order valence-corrected chi connectivity index (χ2v) is 9.58. The second kappa shape index (κ2) is 12.2. The van der Waals surface area contributed by atoms with Gasteiger partial charge in [0.1, 0.15) is 16.6 Å². The van der Waals surface area contributed by atoms with Crippen LogP contribution >= 0.6 is 11.6 Å². The van der Waals surface area contributed by atoms with Gasteiger partial charge in [-0.25, -0.2) is 4.79 Å². The predicted octanol–water partition coefficient (Wildman–Crippen LogP) is 4.67. The van der Waals surface area contributed by atoms with Crippen molar-refractivity contribution in [3.05, 3.63) is 37.0 Å². The first-order valence-corrected chi connectivity index (χ1v) is 11.3.